The Bertz CT molecular complexity index is 1040. The Morgan fingerprint density at radius 3 is 2.40 bits per heavy atom. The smallest absolute Gasteiger partial charge is 0.244 e. The molecule has 30 heavy (non-hydrogen) atoms. The molecule has 0 bridgehead atoms. The van der Waals surface area contributed by atoms with E-state index in [2.05, 4.69) is 5.32 Å². The molecule has 2 aromatic rings. The Morgan fingerprint density at radius 1 is 1.13 bits per heavy atom. The number of piperazine rings is 1. The molecule has 0 radical (unpaired) electrons. The zero-order chi connectivity index (χ0) is 21.7. The molecule has 158 valence electrons. The summed E-state index contributed by atoms with van der Waals surface area (Å²) in [7, 11) is -3.74. The van der Waals surface area contributed by atoms with Crippen LogP contribution in [0.1, 0.15) is 24.1 Å². The fraction of sp³-hybridized carbons (Fsp3) is 0.333. The number of carbonyl (C=O) groups excluding carboxylic acids is 1. The molecule has 7 nitrogen and oxygen atoms in total. The lowest BCUT2D eigenvalue weighted by Gasteiger charge is -2.33. The summed E-state index contributed by atoms with van der Waals surface area (Å²) in [5.74, 6) is -0.122. The first-order valence-corrected chi connectivity index (χ1v) is 11.4. The maximum absolute atomic E-state index is 12.9. The van der Waals surface area contributed by atoms with Crippen LogP contribution < -0.4 is 5.32 Å². The van der Waals surface area contributed by atoms with Crippen molar-refractivity contribution in [1.82, 2.24) is 14.5 Å². The van der Waals surface area contributed by atoms with E-state index in [0.717, 1.165) is 5.56 Å². The second-order valence-corrected chi connectivity index (χ2v) is 9.47. The minimum absolute atomic E-state index is 0.0236. The third-order valence-electron chi connectivity index (χ3n) is 5.07. The van der Waals surface area contributed by atoms with Gasteiger partial charge in [-0.05, 0) is 36.8 Å². The number of amides is 1. The number of nitriles is 1. The molecule has 2 aromatic carbocycles. The SMILES string of the molecule is CC(NC(=O)CN1CCN(S(=O)(=O)c2ccccc2C#N)CC1)c1ccc(Cl)cc1. The second kappa shape index (κ2) is 9.58. The van der Waals surface area contributed by atoms with E-state index in [-0.39, 0.29) is 42.0 Å². The summed E-state index contributed by atoms with van der Waals surface area (Å²) < 4.78 is 27.1. The van der Waals surface area contributed by atoms with Gasteiger partial charge in [0.1, 0.15) is 6.07 Å². The molecular weight excluding hydrogens is 424 g/mol. The Balaban J connectivity index is 1.54. The van der Waals surface area contributed by atoms with Gasteiger partial charge < -0.3 is 5.32 Å². The molecule has 1 aliphatic rings. The minimum Gasteiger partial charge on any atom is -0.348 e. The van der Waals surface area contributed by atoms with E-state index in [1.54, 1.807) is 24.3 Å². The van der Waals surface area contributed by atoms with Gasteiger partial charge in [0.25, 0.3) is 0 Å². The maximum atomic E-state index is 12.9. The van der Waals surface area contributed by atoms with Crippen LogP contribution in [-0.2, 0) is 14.8 Å². The van der Waals surface area contributed by atoms with E-state index in [1.807, 2.05) is 30.0 Å². The van der Waals surface area contributed by atoms with Crippen LogP contribution in [-0.4, -0.2) is 56.3 Å². The number of carbonyl (C=O) groups is 1. The highest BCUT2D eigenvalue weighted by Gasteiger charge is 2.30. The second-order valence-electron chi connectivity index (χ2n) is 7.13. The first-order chi connectivity index (χ1) is 14.3. The first kappa shape index (κ1) is 22.2. The zero-order valence-corrected chi connectivity index (χ0v) is 18.2. The monoisotopic (exact) mass is 446 g/mol. The van der Waals surface area contributed by atoms with Crippen LogP contribution in [0.5, 0.6) is 0 Å². The Kier molecular flexibility index (Phi) is 7.10. The third kappa shape index (κ3) is 5.18. The highest BCUT2D eigenvalue weighted by molar-refractivity contribution is 7.89. The van der Waals surface area contributed by atoms with Crippen LogP contribution in [0.25, 0.3) is 0 Å². The molecule has 1 heterocycles. The number of rotatable bonds is 6. The van der Waals surface area contributed by atoms with Crippen LogP contribution in [0.15, 0.2) is 53.4 Å². The van der Waals surface area contributed by atoms with Crippen LogP contribution in [0.4, 0.5) is 0 Å². The lowest BCUT2D eigenvalue weighted by molar-refractivity contribution is -0.123. The number of hydrogen-bond acceptors (Lipinski definition) is 5. The number of hydrogen-bond donors (Lipinski definition) is 1. The van der Waals surface area contributed by atoms with Gasteiger partial charge in [-0.15, -0.1) is 0 Å². The van der Waals surface area contributed by atoms with Crippen molar-refractivity contribution in [3.05, 3.63) is 64.7 Å². The third-order valence-corrected chi connectivity index (χ3v) is 7.28. The molecule has 0 aromatic heterocycles. The quantitative estimate of drug-likeness (QED) is 0.735. The summed E-state index contributed by atoms with van der Waals surface area (Å²) in [5, 5.41) is 12.8. The van der Waals surface area contributed by atoms with Gasteiger partial charge in [0.15, 0.2) is 0 Å². The van der Waals surface area contributed by atoms with Gasteiger partial charge in [0.2, 0.25) is 15.9 Å². The van der Waals surface area contributed by atoms with E-state index in [4.69, 9.17) is 11.6 Å². The normalized spacial score (nSPS) is 16.6. The molecular formula is C21H23ClN4O3S. The lowest BCUT2D eigenvalue weighted by atomic mass is 10.1. The van der Waals surface area contributed by atoms with Gasteiger partial charge in [-0.3, -0.25) is 9.69 Å². The largest absolute Gasteiger partial charge is 0.348 e. The van der Waals surface area contributed by atoms with Gasteiger partial charge >= 0.3 is 0 Å². The fourth-order valence-corrected chi connectivity index (χ4v) is 5.07. The average Bonchev–Trinajstić information content (AvgIpc) is 2.74. The van der Waals surface area contributed by atoms with Gasteiger partial charge in [-0.2, -0.15) is 9.57 Å². The van der Waals surface area contributed by atoms with Crippen LogP contribution in [0, 0.1) is 11.3 Å². The summed E-state index contributed by atoms with van der Waals surface area (Å²) in [4.78, 5) is 14.3. The van der Waals surface area contributed by atoms with E-state index < -0.39 is 10.0 Å². The summed E-state index contributed by atoms with van der Waals surface area (Å²) in [6, 6.07) is 15.3. The van der Waals surface area contributed by atoms with Crippen molar-refractivity contribution in [2.45, 2.75) is 17.9 Å². The van der Waals surface area contributed by atoms with Crippen molar-refractivity contribution in [1.29, 1.82) is 5.26 Å². The standard InChI is InChI=1S/C21H23ClN4O3S/c1-16(17-6-8-19(22)9-7-17)24-21(27)15-25-10-12-26(13-11-25)30(28,29)20-5-3-2-4-18(20)14-23/h2-9,16H,10-13,15H2,1H3,(H,24,27). The van der Waals surface area contributed by atoms with Crippen molar-refractivity contribution in [3.63, 3.8) is 0 Å². The van der Waals surface area contributed by atoms with E-state index in [0.29, 0.717) is 18.1 Å². The van der Waals surface area contributed by atoms with Gasteiger partial charge in [0.05, 0.1) is 23.0 Å². The molecule has 3 rings (SSSR count). The Hall–Kier alpha value is -2.44. The summed E-state index contributed by atoms with van der Waals surface area (Å²) in [6.07, 6.45) is 0. The van der Waals surface area contributed by atoms with Crippen molar-refractivity contribution < 1.29 is 13.2 Å². The van der Waals surface area contributed by atoms with E-state index >= 15 is 0 Å². The van der Waals surface area contributed by atoms with Gasteiger partial charge in [-0.1, -0.05) is 35.9 Å². The summed E-state index contributed by atoms with van der Waals surface area (Å²) in [5.41, 5.74) is 1.09. The molecule has 9 heteroatoms. The predicted molar refractivity (Wildman–Crippen MR) is 114 cm³/mol. The zero-order valence-electron chi connectivity index (χ0n) is 16.6. The van der Waals surface area contributed by atoms with Gasteiger partial charge in [-0.25, -0.2) is 8.42 Å². The molecule has 1 N–H and O–H groups in total. The molecule has 1 aliphatic heterocycles. The molecule has 0 aliphatic carbocycles. The Labute approximate surface area is 181 Å². The number of sulfonamides is 1. The topological polar surface area (TPSA) is 93.5 Å². The first-order valence-electron chi connectivity index (χ1n) is 9.57. The van der Waals surface area contributed by atoms with Crippen LogP contribution >= 0.6 is 11.6 Å². The summed E-state index contributed by atoms with van der Waals surface area (Å²) >= 11 is 5.89. The van der Waals surface area contributed by atoms with Crippen molar-refractivity contribution >= 4 is 27.5 Å². The highest BCUT2D eigenvalue weighted by atomic mass is 35.5. The molecule has 1 amide bonds. The molecule has 1 saturated heterocycles. The number of nitrogens with zero attached hydrogens (tertiary/aromatic N) is 3. The number of halogens is 1. The van der Waals surface area contributed by atoms with Crippen molar-refractivity contribution in [3.8, 4) is 6.07 Å². The lowest BCUT2D eigenvalue weighted by Crippen LogP contribution is -2.51. The minimum atomic E-state index is -3.74. The van der Waals surface area contributed by atoms with Crippen molar-refractivity contribution in [2.75, 3.05) is 32.7 Å². The van der Waals surface area contributed by atoms with Gasteiger partial charge in [0, 0.05) is 31.2 Å². The number of nitrogens with one attached hydrogen (secondary N) is 1. The van der Waals surface area contributed by atoms with E-state index in [1.165, 1.54) is 16.4 Å². The molecule has 1 fully saturated rings. The predicted octanol–water partition coefficient (Wildman–Crippen LogP) is 2.40. The highest BCUT2D eigenvalue weighted by Crippen LogP contribution is 2.21. The fourth-order valence-electron chi connectivity index (χ4n) is 3.38. The molecule has 1 unspecified atom stereocenters. The molecule has 0 saturated carbocycles. The maximum Gasteiger partial charge on any atom is 0.244 e. The number of benzene rings is 2. The molecule has 1 atom stereocenters. The van der Waals surface area contributed by atoms with Crippen molar-refractivity contribution in [2.24, 2.45) is 0 Å². The van der Waals surface area contributed by atoms with Crippen LogP contribution in [0.3, 0.4) is 0 Å². The molecule has 0 spiro atoms. The summed E-state index contributed by atoms with van der Waals surface area (Å²) in [6.45, 7) is 3.51. The van der Waals surface area contributed by atoms with Crippen LogP contribution in [0.2, 0.25) is 5.02 Å². The van der Waals surface area contributed by atoms with E-state index in [9.17, 15) is 18.5 Å². The average molecular weight is 447 g/mol. The Morgan fingerprint density at radius 2 is 1.77 bits per heavy atom.